The van der Waals surface area contributed by atoms with E-state index in [2.05, 4.69) is 34.9 Å². The van der Waals surface area contributed by atoms with Crippen LogP contribution >= 0.6 is 12.2 Å². The number of thiocarbonyl (C=S) groups is 1. The van der Waals surface area contributed by atoms with Crippen LogP contribution in [-0.2, 0) is 0 Å². The van der Waals surface area contributed by atoms with E-state index in [0.29, 0.717) is 11.2 Å². The van der Waals surface area contributed by atoms with Gasteiger partial charge in [-0.05, 0) is 38.6 Å². The van der Waals surface area contributed by atoms with E-state index in [1.54, 1.807) is 6.21 Å². The van der Waals surface area contributed by atoms with Crippen LogP contribution < -0.4 is 10.7 Å². The van der Waals surface area contributed by atoms with E-state index < -0.39 is 0 Å². The maximum Gasteiger partial charge on any atom is 0.187 e. The van der Waals surface area contributed by atoms with Crippen molar-refractivity contribution in [1.82, 2.24) is 10.7 Å². The zero-order valence-corrected chi connectivity index (χ0v) is 10.6. The summed E-state index contributed by atoms with van der Waals surface area (Å²) in [5.74, 6) is 0. The van der Waals surface area contributed by atoms with Crippen LogP contribution in [0, 0.1) is 6.92 Å². The summed E-state index contributed by atoms with van der Waals surface area (Å²) >= 11 is 5.04. The second-order valence-electron chi connectivity index (χ2n) is 3.91. The molecule has 0 spiro atoms. The van der Waals surface area contributed by atoms with Crippen molar-refractivity contribution in [2.45, 2.75) is 26.8 Å². The Hall–Kier alpha value is -1.42. The van der Waals surface area contributed by atoms with Crippen molar-refractivity contribution in [3.63, 3.8) is 0 Å². The Morgan fingerprint density at radius 3 is 2.81 bits per heavy atom. The van der Waals surface area contributed by atoms with Gasteiger partial charge in [0.05, 0.1) is 6.21 Å². The molecule has 0 atom stereocenters. The van der Waals surface area contributed by atoms with Crippen molar-refractivity contribution < 1.29 is 0 Å². The number of aryl methyl sites for hydroxylation is 1. The largest absolute Gasteiger partial charge is 0.359 e. The summed E-state index contributed by atoms with van der Waals surface area (Å²) in [5.41, 5.74) is 5.04. The summed E-state index contributed by atoms with van der Waals surface area (Å²) in [4.78, 5) is 0. The number of nitrogens with zero attached hydrogens (tertiary/aromatic N) is 1. The van der Waals surface area contributed by atoms with Gasteiger partial charge < -0.3 is 5.32 Å². The minimum absolute atomic E-state index is 0.314. The molecule has 0 heterocycles. The number of benzene rings is 1. The lowest BCUT2D eigenvalue weighted by Gasteiger charge is -2.09. The first-order valence-corrected chi connectivity index (χ1v) is 5.65. The fourth-order valence-electron chi connectivity index (χ4n) is 1.21. The van der Waals surface area contributed by atoms with E-state index in [9.17, 15) is 0 Å². The maximum absolute atomic E-state index is 5.04. The lowest BCUT2D eigenvalue weighted by atomic mass is 10.2. The maximum atomic E-state index is 5.04. The third kappa shape index (κ3) is 4.89. The highest BCUT2D eigenvalue weighted by Crippen LogP contribution is 2.00. The Kier molecular flexibility index (Phi) is 4.92. The molecule has 1 rings (SSSR count). The first-order valence-electron chi connectivity index (χ1n) is 5.24. The monoisotopic (exact) mass is 235 g/mol. The summed E-state index contributed by atoms with van der Waals surface area (Å²) < 4.78 is 0. The predicted octanol–water partition coefficient (Wildman–Crippen LogP) is 2.20. The van der Waals surface area contributed by atoms with Crippen LogP contribution in [0.1, 0.15) is 25.0 Å². The van der Waals surface area contributed by atoms with Gasteiger partial charge in [-0.25, -0.2) is 0 Å². The van der Waals surface area contributed by atoms with Gasteiger partial charge in [-0.3, -0.25) is 5.43 Å². The molecule has 0 radical (unpaired) electrons. The summed E-state index contributed by atoms with van der Waals surface area (Å²) in [7, 11) is 0. The average Bonchev–Trinajstić information content (AvgIpc) is 2.16. The van der Waals surface area contributed by atoms with Crippen LogP contribution in [0.3, 0.4) is 0 Å². The Morgan fingerprint density at radius 1 is 1.44 bits per heavy atom. The third-order valence-corrected chi connectivity index (χ3v) is 2.05. The molecule has 0 aliphatic rings. The molecule has 0 saturated heterocycles. The second-order valence-corrected chi connectivity index (χ2v) is 4.32. The van der Waals surface area contributed by atoms with E-state index >= 15 is 0 Å². The lowest BCUT2D eigenvalue weighted by molar-refractivity contribution is 0.720. The highest BCUT2D eigenvalue weighted by atomic mass is 32.1. The fraction of sp³-hybridized carbons (Fsp3) is 0.333. The molecule has 16 heavy (non-hydrogen) atoms. The van der Waals surface area contributed by atoms with Crippen molar-refractivity contribution >= 4 is 23.5 Å². The van der Waals surface area contributed by atoms with E-state index in [4.69, 9.17) is 12.2 Å². The van der Waals surface area contributed by atoms with Crippen molar-refractivity contribution in [2.75, 3.05) is 0 Å². The molecule has 1 aromatic rings. The number of rotatable bonds is 3. The molecule has 0 unspecified atom stereocenters. The van der Waals surface area contributed by atoms with Crippen molar-refractivity contribution in [1.29, 1.82) is 0 Å². The van der Waals surface area contributed by atoms with Gasteiger partial charge in [-0.2, -0.15) is 5.10 Å². The van der Waals surface area contributed by atoms with Crippen molar-refractivity contribution in [2.24, 2.45) is 5.10 Å². The summed E-state index contributed by atoms with van der Waals surface area (Å²) in [6, 6.07) is 8.42. The van der Waals surface area contributed by atoms with Crippen LogP contribution in [0.4, 0.5) is 0 Å². The molecule has 0 aliphatic heterocycles. The van der Waals surface area contributed by atoms with Crippen LogP contribution in [0.5, 0.6) is 0 Å². The molecule has 2 N–H and O–H groups in total. The average molecular weight is 235 g/mol. The van der Waals surface area contributed by atoms with Gasteiger partial charge in [0, 0.05) is 6.04 Å². The van der Waals surface area contributed by atoms with Gasteiger partial charge in [-0.15, -0.1) is 0 Å². The minimum Gasteiger partial charge on any atom is -0.359 e. The predicted molar refractivity (Wildman–Crippen MR) is 72.8 cm³/mol. The summed E-state index contributed by atoms with van der Waals surface area (Å²) in [6.45, 7) is 6.10. The third-order valence-electron chi connectivity index (χ3n) is 1.84. The number of hydrogen-bond donors (Lipinski definition) is 2. The highest BCUT2D eigenvalue weighted by molar-refractivity contribution is 7.80. The molecule has 0 amide bonds. The molecule has 3 nitrogen and oxygen atoms in total. The van der Waals surface area contributed by atoms with Crippen molar-refractivity contribution in [3.05, 3.63) is 35.4 Å². The summed E-state index contributed by atoms with van der Waals surface area (Å²) in [6.07, 6.45) is 1.75. The van der Waals surface area contributed by atoms with E-state index in [1.165, 1.54) is 5.56 Å². The normalized spacial score (nSPS) is 10.8. The molecular weight excluding hydrogens is 218 g/mol. The van der Waals surface area contributed by atoms with Gasteiger partial charge in [-0.1, -0.05) is 29.8 Å². The first kappa shape index (κ1) is 12.6. The van der Waals surface area contributed by atoms with Gasteiger partial charge in [0.25, 0.3) is 0 Å². The van der Waals surface area contributed by atoms with Crippen molar-refractivity contribution in [3.8, 4) is 0 Å². The first-order chi connectivity index (χ1) is 7.58. The van der Waals surface area contributed by atoms with Gasteiger partial charge in [0.15, 0.2) is 5.11 Å². The Balaban J connectivity index is 2.46. The quantitative estimate of drug-likeness (QED) is 0.479. The van der Waals surface area contributed by atoms with E-state index in [0.717, 1.165) is 5.56 Å². The van der Waals surface area contributed by atoms with Crippen LogP contribution in [-0.4, -0.2) is 17.4 Å². The molecular formula is C12H17N3S. The standard InChI is InChI=1S/C12H17N3S/c1-9(2)14-12(16)15-13-8-11-6-4-5-10(3)7-11/h4-9H,1-3H3,(H2,14,15,16). The SMILES string of the molecule is Cc1cccc(C=NNC(=S)NC(C)C)c1. The number of hydrazone groups is 1. The Morgan fingerprint density at radius 2 is 2.19 bits per heavy atom. The molecule has 1 aromatic carbocycles. The van der Waals surface area contributed by atoms with Crippen LogP contribution in [0.15, 0.2) is 29.4 Å². The summed E-state index contributed by atoms with van der Waals surface area (Å²) in [5, 5.41) is 7.64. The molecule has 0 bridgehead atoms. The smallest absolute Gasteiger partial charge is 0.187 e. The van der Waals surface area contributed by atoms with Gasteiger partial charge >= 0.3 is 0 Å². The van der Waals surface area contributed by atoms with Crippen LogP contribution in [0.2, 0.25) is 0 Å². The Labute approximate surface area is 102 Å². The molecule has 0 aromatic heterocycles. The lowest BCUT2D eigenvalue weighted by Crippen LogP contribution is -2.36. The molecule has 4 heteroatoms. The zero-order valence-electron chi connectivity index (χ0n) is 9.82. The highest BCUT2D eigenvalue weighted by Gasteiger charge is 1.94. The van der Waals surface area contributed by atoms with E-state index in [-0.39, 0.29) is 0 Å². The van der Waals surface area contributed by atoms with E-state index in [1.807, 2.05) is 26.0 Å². The Bertz CT molecular complexity index is 386. The number of nitrogens with one attached hydrogen (secondary N) is 2. The van der Waals surface area contributed by atoms with Crippen LogP contribution in [0.25, 0.3) is 0 Å². The number of hydrogen-bond acceptors (Lipinski definition) is 2. The topological polar surface area (TPSA) is 36.4 Å². The zero-order chi connectivity index (χ0) is 12.0. The minimum atomic E-state index is 0.314. The second kappa shape index (κ2) is 6.23. The fourth-order valence-corrected chi connectivity index (χ4v) is 1.50. The molecule has 0 aliphatic carbocycles. The van der Waals surface area contributed by atoms with Gasteiger partial charge in [0.2, 0.25) is 0 Å². The molecule has 86 valence electrons. The molecule has 0 fully saturated rings. The van der Waals surface area contributed by atoms with Gasteiger partial charge in [0.1, 0.15) is 0 Å². The molecule has 0 saturated carbocycles.